The van der Waals surface area contributed by atoms with E-state index in [1.807, 2.05) is 6.07 Å². The van der Waals surface area contributed by atoms with Crippen LogP contribution in [0.25, 0.3) is 21.8 Å². The number of nitrogens with one attached hydrogen (secondary N) is 1. The van der Waals surface area contributed by atoms with Crippen LogP contribution in [0.2, 0.25) is 0 Å². The van der Waals surface area contributed by atoms with Crippen molar-refractivity contribution >= 4 is 27.5 Å². The van der Waals surface area contributed by atoms with Crippen LogP contribution >= 0.6 is 0 Å². The van der Waals surface area contributed by atoms with Gasteiger partial charge in [0, 0.05) is 46.6 Å². The molecule has 0 saturated carbocycles. The highest BCUT2D eigenvalue weighted by Crippen LogP contribution is 2.29. The lowest BCUT2D eigenvalue weighted by Gasteiger charge is -2.08. The molecule has 0 fully saturated rings. The molecule has 0 aliphatic rings. The zero-order valence-electron chi connectivity index (χ0n) is 13.9. The Morgan fingerprint density at radius 3 is 2.44 bits per heavy atom. The molecule has 0 spiro atoms. The fourth-order valence-electron chi connectivity index (χ4n) is 3.36. The number of hydrogen-bond donors (Lipinski definition) is 1. The Morgan fingerprint density at radius 1 is 0.840 bits per heavy atom. The second-order valence-corrected chi connectivity index (χ2v) is 6.10. The average molecular weight is 336 g/mol. The van der Waals surface area contributed by atoms with Crippen LogP contribution in [0.3, 0.4) is 0 Å². The number of hydrogen-bond acceptors (Lipinski definition) is 1. The van der Waals surface area contributed by atoms with Gasteiger partial charge in [-0.05, 0) is 42.8 Å². The molecule has 0 unspecified atom stereocenters. The molecule has 4 heteroatoms. The highest BCUT2D eigenvalue weighted by Gasteiger charge is 2.09. The molecule has 1 N–H and O–H groups in total. The molecule has 0 bridgehead atoms. The summed E-state index contributed by atoms with van der Waals surface area (Å²) in [4.78, 5) is 0. The molecule has 0 aliphatic carbocycles. The molecular weight excluding hydrogens is 318 g/mol. The molecular formula is C21H18F2N2. The fourth-order valence-corrected chi connectivity index (χ4v) is 3.36. The molecule has 2 nitrogen and oxygen atoms in total. The maximum absolute atomic E-state index is 13.3. The Morgan fingerprint density at radius 2 is 1.64 bits per heavy atom. The second-order valence-electron chi connectivity index (χ2n) is 6.10. The lowest BCUT2D eigenvalue weighted by Crippen LogP contribution is -2.00. The summed E-state index contributed by atoms with van der Waals surface area (Å²) in [6.07, 6.45) is 0. The smallest absolute Gasteiger partial charge is 0.160 e. The summed E-state index contributed by atoms with van der Waals surface area (Å²) in [5.41, 5.74) is 4.09. The molecule has 0 radical (unpaired) electrons. The molecule has 0 atom stereocenters. The second kappa shape index (κ2) is 6.20. The summed E-state index contributed by atoms with van der Waals surface area (Å²) in [6.45, 7) is 3.60. The van der Waals surface area contributed by atoms with Crippen molar-refractivity contribution in [3.63, 3.8) is 0 Å². The van der Waals surface area contributed by atoms with Crippen LogP contribution in [0.5, 0.6) is 0 Å². The van der Waals surface area contributed by atoms with Gasteiger partial charge in [-0.15, -0.1) is 0 Å². The number of anilines is 1. The average Bonchev–Trinajstić information content (AvgIpc) is 2.96. The molecule has 4 rings (SSSR count). The number of nitrogens with zero attached hydrogens (tertiary/aromatic N) is 1. The SMILES string of the molecule is CCn1c2ccccc2c2cc(CNc3ccc(F)c(F)c3)ccc21. The van der Waals surface area contributed by atoms with Crippen LogP contribution in [0.15, 0.2) is 60.7 Å². The van der Waals surface area contributed by atoms with Crippen LogP contribution in [-0.2, 0) is 13.1 Å². The van der Waals surface area contributed by atoms with E-state index in [0.29, 0.717) is 12.2 Å². The lowest BCUT2D eigenvalue weighted by atomic mass is 10.1. The van der Waals surface area contributed by atoms with E-state index in [9.17, 15) is 8.78 Å². The number of para-hydroxylation sites is 1. The minimum Gasteiger partial charge on any atom is -0.381 e. The first-order chi connectivity index (χ1) is 12.2. The van der Waals surface area contributed by atoms with Crippen molar-refractivity contribution in [1.82, 2.24) is 4.57 Å². The lowest BCUT2D eigenvalue weighted by molar-refractivity contribution is 0.509. The van der Waals surface area contributed by atoms with Crippen molar-refractivity contribution in [2.75, 3.05) is 5.32 Å². The van der Waals surface area contributed by atoms with Gasteiger partial charge in [0.15, 0.2) is 11.6 Å². The van der Waals surface area contributed by atoms with Crippen LogP contribution in [0, 0.1) is 11.6 Å². The summed E-state index contributed by atoms with van der Waals surface area (Å²) in [6, 6.07) is 18.6. The van der Waals surface area contributed by atoms with E-state index in [2.05, 4.69) is 53.2 Å². The van der Waals surface area contributed by atoms with Gasteiger partial charge in [0.25, 0.3) is 0 Å². The molecule has 126 valence electrons. The first kappa shape index (κ1) is 15.6. The standard InChI is InChI=1S/C21H18F2N2/c1-2-25-20-6-4-3-5-16(20)17-11-14(7-10-21(17)25)13-24-15-8-9-18(22)19(23)12-15/h3-12,24H,2,13H2,1H3. The molecule has 25 heavy (non-hydrogen) atoms. The molecule has 1 heterocycles. The van der Waals surface area contributed by atoms with Gasteiger partial charge >= 0.3 is 0 Å². The number of benzene rings is 3. The van der Waals surface area contributed by atoms with Gasteiger partial charge < -0.3 is 9.88 Å². The van der Waals surface area contributed by atoms with Crippen molar-refractivity contribution in [3.05, 3.63) is 77.9 Å². The van der Waals surface area contributed by atoms with E-state index in [4.69, 9.17) is 0 Å². The summed E-state index contributed by atoms with van der Waals surface area (Å²) in [5.74, 6) is -1.68. The fraction of sp³-hybridized carbons (Fsp3) is 0.143. The highest BCUT2D eigenvalue weighted by molar-refractivity contribution is 6.08. The third-order valence-corrected chi connectivity index (χ3v) is 4.57. The monoisotopic (exact) mass is 336 g/mol. The maximum atomic E-state index is 13.3. The summed E-state index contributed by atoms with van der Waals surface area (Å²) < 4.78 is 28.6. The van der Waals surface area contributed by atoms with Gasteiger partial charge in [-0.1, -0.05) is 24.3 Å². The van der Waals surface area contributed by atoms with Gasteiger partial charge in [-0.3, -0.25) is 0 Å². The van der Waals surface area contributed by atoms with Crippen molar-refractivity contribution in [1.29, 1.82) is 0 Å². The number of aromatic nitrogens is 1. The van der Waals surface area contributed by atoms with E-state index in [1.54, 1.807) is 6.07 Å². The third-order valence-electron chi connectivity index (χ3n) is 4.57. The van der Waals surface area contributed by atoms with Crippen LogP contribution < -0.4 is 5.32 Å². The molecule has 3 aromatic carbocycles. The van der Waals surface area contributed by atoms with Crippen LogP contribution in [0.4, 0.5) is 14.5 Å². The van der Waals surface area contributed by atoms with E-state index in [1.165, 1.54) is 27.9 Å². The van der Waals surface area contributed by atoms with Crippen molar-refractivity contribution < 1.29 is 8.78 Å². The molecule has 0 saturated heterocycles. The zero-order valence-corrected chi connectivity index (χ0v) is 13.9. The van der Waals surface area contributed by atoms with Crippen molar-refractivity contribution in [2.45, 2.75) is 20.0 Å². The number of aryl methyl sites for hydroxylation is 1. The van der Waals surface area contributed by atoms with Gasteiger partial charge in [0.1, 0.15) is 0 Å². The Balaban J connectivity index is 1.69. The Hall–Kier alpha value is -2.88. The summed E-state index contributed by atoms with van der Waals surface area (Å²) >= 11 is 0. The van der Waals surface area contributed by atoms with Gasteiger partial charge in [0.2, 0.25) is 0 Å². The maximum Gasteiger partial charge on any atom is 0.160 e. The third kappa shape index (κ3) is 2.74. The molecule has 4 aromatic rings. The zero-order chi connectivity index (χ0) is 17.4. The number of fused-ring (bicyclic) bond motifs is 3. The van der Waals surface area contributed by atoms with E-state index in [0.717, 1.165) is 18.2 Å². The number of halogens is 2. The Labute approximate surface area is 144 Å². The topological polar surface area (TPSA) is 17.0 Å². The van der Waals surface area contributed by atoms with Crippen LogP contribution in [0.1, 0.15) is 12.5 Å². The summed E-state index contributed by atoms with van der Waals surface area (Å²) in [7, 11) is 0. The Bertz CT molecular complexity index is 1070. The highest BCUT2D eigenvalue weighted by atomic mass is 19.2. The van der Waals surface area contributed by atoms with Gasteiger partial charge in [0.05, 0.1) is 0 Å². The molecule has 1 aromatic heterocycles. The summed E-state index contributed by atoms with van der Waals surface area (Å²) in [5, 5.41) is 5.59. The first-order valence-corrected chi connectivity index (χ1v) is 8.36. The van der Waals surface area contributed by atoms with Gasteiger partial charge in [-0.2, -0.15) is 0 Å². The Kier molecular flexibility index (Phi) is 3.88. The van der Waals surface area contributed by atoms with Gasteiger partial charge in [-0.25, -0.2) is 8.78 Å². The van der Waals surface area contributed by atoms with E-state index < -0.39 is 11.6 Å². The minimum atomic E-state index is -0.841. The molecule has 0 amide bonds. The predicted molar refractivity (Wildman–Crippen MR) is 98.8 cm³/mol. The largest absolute Gasteiger partial charge is 0.381 e. The predicted octanol–water partition coefficient (Wildman–Crippen LogP) is 5.70. The quantitative estimate of drug-likeness (QED) is 0.505. The normalized spacial score (nSPS) is 11.3. The van der Waals surface area contributed by atoms with E-state index in [-0.39, 0.29) is 0 Å². The van der Waals surface area contributed by atoms with Crippen LogP contribution in [-0.4, -0.2) is 4.57 Å². The molecule has 0 aliphatic heterocycles. The number of rotatable bonds is 4. The van der Waals surface area contributed by atoms with Crippen molar-refractivity contribution in [2.24, 2.45) is 0 Å². The first-order valence-electron chi connectivity index (χ1n) is 8.36. The van der Waals surface area contributed by atoms with Crippen molar-refractivity contribution in [3.8, 4) is 0 Å². The minimum absolute atomic E-state index is 0.548. The van der Waals surface area contributed by atoms with E-state index >= 15 is 0 Å².